The largest absolute Gasteiger partial charge is 0.465 e. The molecule has 3 heterocycles. The molecule has 0 atom stereocenters. The zero-order valence-electron chi connectivity index (χ0n) is 19.0. The van der Waals surface area contributed by atoms with Crippen LogP contribution in [0, 0.1) is 6.92 Å². The lowest BCUT2D eigenvalue weighted by Gasteiger charge is -2.33. The van der Waals surface area contributed by atoms with Gasteiger partial charge in [0.25, 0.3) is 10.0 Å². The van der Waals surface area contributed by atoms with Crippen molar-refractivity contribution in [3.63, 3.8) is 0 Å². The third kappa shape index (κ3) is 5.35. The molecule has 3 aromatic rings. The molecule has 1 saturated heterocycles. The van der Waals surface area contributed by atoms with Gasteiger partial charge >= 0.3 is 12.3 Å². The second-order valence-electron chi connectivity index (χ2n) is 8.10. The van der Waals surface area contributed by atoms with E-state index in [4.69, 9.17) is 5.11 Å². The Hall–Kier alpha value is -3.87. The number of benzene rings is 1. The lowest BCUT2D eigenvalue weighted by molar-refractivity contribution is -0.137. The normalized spacial score (nSPS) is 14.6. The molecule has 36 heavy (non-hydrogen) atoms. The van der Waals surface area contributed by atoms with Crippen LogP contribution in [0.25, 0.3) is 11.3 Å². The number of hydrogen-bond donors (Lipinski definition) is 2. The maximum absolute atomic E-state index is 13.7. The number of amides is 1. The Morgan fingerprint density at radius 3 is 2.31 bits per heavy atom. The van der Waals surface area contributed by atoms with Crippen LogP contribution in [0.5, 0.6) is 0 Å². The smallest absolute Gasteiger partial charge is 0.418 e. The molecule has 0 radical (unpaired) electrons. The molecule has 1 aliphatic rings. The first kappa shape index (κ1) is 25.2. The van der Waals surface area contributed by atoms with Crippen LogP contribution in [-0.2, 0) is 16.2 Å². The van der Waals surface area contributed by atoms with E-state index in [0.717, 1.165) is 12.1 Å². The summed E-state index contributed by atoms with van der Waals surface area (Å²) in [5.74, 6) is 0.0485. The van der Waals surface area contributed by atoms with Gasteiger partial charge in [0.05, 0.1) is 11.3 Å². The van der Waals surface area contributed by atoms with Gasteiger partial charge in [0.1, 0.15) is 11.6 Å². The van der Waals surface area contributed by atoms with Crippen LogP contribution in [0.2, 0.25) is 0 Å². The summed E-state index contributed by atoms with van der Waals surface area (Å²) in [5, 5.41) is 8.74. The highest BCUT2D eigenvalue weighted by Crippen LogP contribution is 2.38. The molecule has 190 valence electrons. The van der Waals surface area contributed by atoms with Crippen molar-refractivity contribution in [2.45, 2.75) is 18.1 Å². The van der Waals surface area contributed by atoms with Crippen LogP contribution in [0.4, 0.5) is 29.6 Å². The predicted octanol–water partition coefficient (Wildman–Crippen LogP) is 4.07. The van der Waals surface area contributed by atoms with E-state index in [1.165, 1.54) is 23.1 Å². The average Bonchev–Trinajstić information content (AvgIpc) is 2.83. The molecule has 1 fully saturated rings. The monoisotopic (exact) mass is 521 g/mol. The van der Waals surface area contributed by atoms with Gasteiger partial charge in [-0.25, -0.2) is 14.8 Å². The highest BCUT2D eigenvalue weighted by Gasteiger charge is 2.35. The van der Waals surface area contributed by atoms with Crippen LogP contribution >= 0.6 is 0 Å². The Morgan fingerprint density at radius 1 is 0.972 bits per heavy atom. The quantitative estimate of drug-likeness (QED) is 0.520. The average molecular weight is 522 g/mol. The van der Waals surface area contributed by atoms with E-state index >= 15 is 0 Å². The van der Waals surface area contributed by atoms with Crippen molar-refractivity contribution >= 4 is 27.8 Å². The van der Waals surface area contributed by atoms with Crippen molar-refractivity contribution in [2.75, 3.05) is 35.8 Å². The van der Waals surface area contributed by atoms with Crippen LogP contribution in [0.3, 0.4) is 0 Å². The number of rotatable bonds is 5. The molecule has 1 aliphatic heterocycles. The second-order valence-corrected chi connectivity index (χ2v) is 9.73. The topological polar surface area (TPSA) is 116 Å². The minimum atomic E-state index is -4.69. The fraction of sp³-hybridized carbons (Fsp3) is 0.261. The number of hydrogen-bond acceptors (Lipinski definition) is 6. The lowest BCUT2D eigenvalue weighted by atomic mass is 10.0. The van der Waals surface area contributed by atoms with E-state index in [9.17, 15) is 26.4 Å². The number of aryl methyl sites for hydroxylation is 1. The summed E-state index contributed by atoms with van der Waals surface area (Å²) in [4.78, 5) is 22.3. The molecule has 0 aliphatic carbocycles. The number of carbonyl (C=O) groups is 1. The highest BCUT2D eigenvalue weighted by atomic mass is 32.2. The van der Waals surface area contributed by atoms with Crippen molar-refractivity contribution in [3.05, 3.63) is 65.7 Å². The standard InChI is InChI=1S/C23H22F3N5O4S/c1-15-5-2-3-6-16(15)21-17(23(24,25)26)9-10-18(27-21)29-36(34,35)20-8-4-7-19(28-20)30-11-13-31(14-12-30)22(32)33/h2-10H,11-14H2,1H3,(H,27,29)(H,32,33). The summed E-state index contributed by atoms with van der Waals surface area (Å²) >= 11 is 0. The van der Waals surface area contributed by atoms with Gasteiger partial charge in [0.2, 0.25) is 0 Å². The Kier molecular flexibility index (Phi) is 6.76. The summed E-state index contributed by atoms with van der Waals surface area (Å²) in [5.41, 5.74) is -0.599. The minimum Gasteiger partial charge on any atom is -0.465 e. The van der Waals surface area contributed by atoms with E-state index in [0.29, 0.717) is 24.5 Å². The number of anilines is 2. The summed E-state index contributed by atoms with van der Waals surface area (Å²) in [7, 11) is -4.29. The molecule has 2 N–H and O–H groups in total. The number of piperazine rings is 1. The molecule has 0 saturated carbocycles. The maximum Gasteiger partial charge on any atom is 0.418 e. The Bertz CT molecular complexity index is 1390. The fourth-order valence-corrected chi connectivity index (χ4v) is 4.80. The maximum atomic E-state index is 13.7. The Morgan fingerprint density at radius 2 is 1.67 bits per heavy atom. The van der Waals surface area contributed by atoms with Gasteiger partial charge in [0.15, 0.2) is 5.03 Å². The van der Waals surface area contributed by atoms with Crippen LogP contribution < -0.4 is 9.62 Å². The molecule has 1 amide bonds. The summed E-state index contributed by atoms with van der Waals surface area (Å²) in [6.45, 7) is 2.78. The third-order valence-corrected chi connectivity index (χ3v) is 6.95. The number of aromatic nitrogens is 2. The number of halogens is 3. The number of carboxylic acid groups (broad SMARTS) is 1. The molecular weight excluding hydrogens is 499 g/mol. The Labute approximate surface area is 205 Å². The third-order valence-electron chi connectivity index (χ3n) is 5.70. The van der Waals surface area contributed by atoms with Crippen molar-refractivity contribution in [1.29, 1.82) is 0 Å². The zero-order chi connectivity index (χ0) is 26.1. The van der Waals surface area contributed by atoms with E-state index in [1.807, 2.05) is 0 Å². The lowest BCUT2D eigenvalue weighted by Crippen LogP contribution is -2.48. The summed E-state index contributed by atoms with van der Waals surface area (Å²) in [6, 6.07) is 12.5. The first-order valence-corrected chi connectivity index (χ1v) is 12.3. The summed E-state index contributed by atoms with van der Waals surface area (Å²) in [6.07, 6.45) is -5.72. The Balaban J connectivity index is 1.63. The number of nitrogens with zero attached hydrogens (tertiary/aromatic N) is 4. The van der Waals surface area contributed by atoms with E-state index in [2.05, 4.69) is 14.7 Å². The molecule has 1 aromatic carbocycles. The van der Waals surface area contributed by atoms with Gasteiger partial charge in [-0.1, -0.05) is 30.3 Å². The highest BCUT2D eigenvalue weighted by molar-refractivity contribution is 7.92. The van der Waals surface area contributed by atoms with E-state index < -0.39 is 27.9 Å². The first-order valence-electron chi connectivity index (χ1n) is 10.8. The van der Waals surface area contributed by atoms with Gasteiger partial charge in [-0.05, 0) is 36.8 Å². The van der Waals surface area contributed by atoms with E-state index in [1.54, 1.807) is 36.1 Å². The fourth-order valence-electron chi connectivity index (χ4n) is 3.84. The minimum absolute atomic E-state index is 0.228. The molecule has 9 nitrogen and oxygen atoms in total. The molecular formula is C23H22F3N5O4S. The van der Waals surface area contributed by atoms with E-state index in [-0.39, 0.29) is 35.2 Å². The van der Waals surface area contributed by atoms with Gasteiger partial charge in [-0.15, -0.1) is 0 Å². The van der Waals surface area contributed by atoms with Gasteiger partial charge < -0.3 is 14.9 Å². The SMILES string of the molecule is Cc1ccccc1-c1nc(NS(=O)(=O)c2cccc(N3CCN(C(=O)O)CC3)n2)ccc1C(F)(F)F. The summed E-state index contributed by atoms with van der Waals surface area (Å²) < 4.78 is 69.3. The van der Waals surface area contributed by atoms with Crippen molar-refractivity contribution < 1.29 is 31.5 Å². The van der Waals surface area contributed by atoms with Crippen molar-refractivity contribution in [3.8, 4) is 11.3 Å². The number of nitrogens with one attached hydrogen (secondary N) is 1. The molecule has 2 aromatic heterocycles. The number of alkyl halides is 3. The van der Waals surface area contributed by atoms with Gasteiger partial charge in [0, 0.05) is 31.7 Å². The van der Waals surface area contributed by atoms with Crippen LogP contribution in [-0.4, -0.2) is 60.7 Å². The van der Waals surface area contributed by atoms with Gasteiger partial charge in [-0.3, -0.25) is 4.72 Å². The molecule has 0 bridgehead atoms. The zero-order valence-corrected chi connectivity index (χ0v) is 19.8. The molecule has 13 heteroatoms. The second kappa shape index (κ2) is 9.64. The van der Waals surface area contributed by atoms with Gasteiger partial charge in [-0.2, -0.15) is 21.6 Å². The predicted molar refractivity (Wildman–Crippen MR) is 126 cm³/mol. The molecule has 0 unspecified atom stereocenters. The van der Waals surface area contributed by atoms with Crippen LogP contribution in [0.15, 0.2) is 59.6 Å². The molecule has 0 spiro atoms. The molecule has 4 rings (SSSR count). The van der Waals surface area contributed by atoms with Crippen molar-refractivity contribution in [1.82, 2.24) is 14.9 Å². The van der Waals surface area contributed by atoms with Crippen molar-refractivity contribution in [2.24, 2.45) is 0 Å². The number of pyridine rings is 2. The van der Waals surface area contributed by atoms with Crippen LogP contribution in [0.1, 0.15) is 11.1 Å². The number of sulfonamides is 1. The first-order chi connectivity index (χ1) is 17.0.